The number of hydrogen-bond donors (Lipinski definition) is 2. The Hall–Kier alpha value is -1.62. The summed E-state index contributed by atoms with van der Waals surface area (Å²) < 4.78 is 0. The molecule has 1 aromatic heterocycles. The van der Waals surface area contributed by atoms with Crippen molar-refractivity contribution in [3.8, 4) is 0 Å². The van der Waals surface area contributed by atoms with Crippen LogP contribution in [0.2, 0.25) is 0 Å². The van der Waals surface area contributed by atoms with Gasteiger partial charge >= 0.3 is 5.97 Å². The second-order valence-corrected chi connectivity index (χ2v) is 4.62. The van der Waals surface area contributed by atoms with Crippen LogP contribution in [0.4, 0.5) is 5.82 Å². The number of hydrogen-bond acceptors (Lipinski definition) is 4. The molecule has 0 amide bonds. The topological polar surface area (TPSA) is 65.5 Å². The number of carbonyl (C=O) groups is 1. The van der Waals surface area contributed by atoms with E-state index in [9.17, 15) is 4.79 Å². The van der Waals surface area contributed by atoms with E-state index in [4.69, 9.17) is 5.11 Å². The lowest BCUT2D eigenvalue weighted by Crippen LogP contribution is -2.28. The number of carboxylic acids is 1. The van der Waals surface area contributed by atoms with Gasteiger partial charge in [-0.1, -0.05) is 13.8 Å². The Balaban J connectivity index is 3.06. The molecule has 5 heteroatoms. The van der Waals surface area contributed by atoms with Crippen molar-refractivity contribution >= 4 is 11.8 Å². The molecule has 0 aromatic carbocycles. The normalized spacial score (nSPS) is 10.7. The zero-order valence-corrected chi connectivity index (χ0v) is 11.4. The van der Waals surface area contributed by atoms with Crippen LogP contribution < -0.4 is 10.2 Å². The van der Waals surface area contributed by atoms with Crippen LogP contribution in [-0.4, -0.2) is 43.2 Å². The second-order valence-electron chi connectivity index (χ2n) is 4.62. The summed E-state index contributed by atoms with van der Waals surface area (Å²) in [6, 6.07) is 3.26. The van der Waals surface area contributed by atoms with Gasteiger partial charge in [-0.3, -0.25) is 0 Å². The molecule has 0 unspecified atom stereocenters. The van der Waals surface area contributed by atoms with E-state index in [0.717, 1.165) is 18.8 Å². The van der Waals surface area contributed by atoms with Crippen molar-refractivity contribution in [1.82, 2.24) is 10.3 Å². The third kappa shape index (κ3) is 3.70. The summed E-state index contributed by atoms with van der Waals surface area (Å²) in [5, 5.41) is 12.2. The fourth-order valence-electron chi connectivity index (χ4n) is 1.55. The quantitative estimate of drug-likeness (QED) is 0.803. The molecule has 100 valence electrons. The van der Waals surface area contributed by atoms with Gasteiger partial charge in [0, 0.05) is 25.8 Å². The third-order valence-corrected chi connectivity index (χ3v) is 2.76. The molecule has 1 heterocycles. The number of aromatic nitrogens is 1. The van der Waals surface area contributed by atoms with Crippen LogP contribution in [0.1, 0.15) is 35.8 Å². The largest absolute Gasteiger partial charge is 0.478 e. The number of likely N-dealkylation sites (N-methyl/N-ethyl adjacent to an activating group) is 2. The average Bonchev–Trinajstić information content (AvgIpc) is 2.35. The molecule has 1 rings (SSSR count). The number of rotatable bonds is 6. The van der Waals surface area contributed by atoms with Crippen molar-refractivity contribution in [3.05, 3.63) is 23.4 Å². The molecular formula is C13H21N3O2. The minimum atomic E-state index is -0.914. The van der Waals surface area contributed by atoms with Crippen molar-refractivity contribution in [2.75, 3.05) is 32.1 Å². The van der Waals surface area contributed by atoms with Crippen LogP contribution >= 0.6 is 0 Å². The number of aromatic carboxylic acids is 1. The van der Waals surface area contributed by atoms with Gasteiger partial charge < -0.3 is 15.3 Å². The molecule has 0 aliphatic carbocycles. The van der Waals surface area contributed by atoms with Crippen molar-refractivity contribution < 1.29 is 9.90 Å². The Bertz CT molecular complexity index is 419. The minimum Gasteiger partial charge on any atom is -0.478 e. The molecule has 2 N–H and O–H groups in total. The van der Waals surface area contributed by atoms with E-state index >= 15 is 0 Å². The lowest BCUT2D eigenvalue weighted by molar-refractivity contribution is 0.0696. The van der Waals surface area contributed by atoms with E-state index in [-0.39, 0.29) is 5.92 Å². The minimum absolute atomic E-state index is 0.209. The molecule has 0 atom stereocenters. The smallest absolute Gasteiger partial charge is 0.335 e. The highest BCUT2D eigenvalue weighted by molar-refractivity contribution is 5.88. The highest BCUT2D eigenvalue weighted by Crippen LogP contribution is 2.19. The Morgan fingerprint density at radius 1 is 1.50 bits per heavy atom. The number of carboxylic acid groups (broad SMARTS) is 1. The van der Waals surface area contributed by atoms with Crippen LogP contribution in [-0.2, 0) is 0 Å². The second kappa shape index (κ2) is 6.35. The Kier molecular flexibility index (Phi) is 5.09. The molecule has 0 radical (unpaired) electrons. The van der Waals surface area contributed by atoms with E-state index in [2.05, 4.69) is 10.3 Å². The zero-order valence-electron chi connectivity index (χ0n) is 11.4. The maximum atomic E-state index is 11.1. The van der Waals surface area contributed by atoms with Crippen LogP contribution in [0, 0.1) is 0 Å². The third-order valence-electron chi connectivity index (χ3n) is 2.76. The molecule has 0 bridgehead atoms. The molecule has 18 heavy (non-hydrogen) atoms. The lowest BCUT2D eigenvalue weighted by Gasteiger charge is -2.20. The summed E-state index contributed by atoms with van der Waals surface area (Å²) in [7, 11) is 3.80. The van der Waals surface area contributed by atoms with Gasteiger partial charge in [0.05, 0.1) is 5.56 Å². The number of anilines is 1. The van der Waals surface area contributed by atoms with E-state index < -0.39 is 5.97 Å². The van der Waals surface area contributed by atoms with Crippen LogP contribution in [0.3, 0.4) is 0 Å². The van der Waals surface area contributed by atoms with E-state index in [1.165, 1.54) is 0 Å². The first kappa shape index (κ1) is 14.4. The summed E-state index contributed by atoms with van der Waals surface area (Å²) in [6.07, 6.45) is 0. The van der Waals surface area contributed by atoms with Gasteiger partial charge in [-0.25, -0.2) is 9.78 Å². The summed E-state index contributed by atoms with van der Waals surface area (Å²) in [4.78, 5) is 17.6. The van der Waals surface area contributed by atoms with Gasteiger partial charge in [-0.15, -0.1) is 0 Å². The van der Waals surface area contributed by atoms with Crippen molar-refractivity contribution in [2.45, 2.75) is 19.8 Å². The number of nitrogens with one attached hydrogen (secondary N) is 1. The van der Waals surface area contributed by atoms with Gasteiger partial charge in [0.1, 0.15) is 5.82 Å². The summed E-state index contributed by atoms with van der Waals surface area (Å²) in [5.41, 5.74) is 1.10. The van der Waals surface area contributed by atoms with Gasteiger partial charge in [0.2, 0.25) is 0 Å². The van der Waals surface area contributed by atoms with Crippen LogP contribution in [0.25, 0.3) is 0 Å². The highest BCUT2D eigenvalue weighted by atomic mass is 16.4. The molecule has 0 aliphatic heterocycles. The maximum Gasteiger partial charge on any atom is 0.335 e. The molecule has 0 saturated heterocycles. The summed E-state index contributed by atoms with van der Waals surface area (Å²) in [5.74, 6) is -0.00262. The van der Waals surface area contributed by atoms with Crippen molar-refractivity contribution in [3.63, 3.8) is 0 Å². The molecule has 0 aliphatic rings. The first-order valence-corrected chi connectivity index (χ1v) is 6.06. The Morgan fingerprint density at radius 3 is 2.67 bits per heavy atom. The van der Waals surface area contributed by atoms with Gasteiger partial charge in [0.15, 0.2) is 0 Å². The molecule has 5 nitrogen and oxygen atoms in total. The molecule has 0 spiro atoms. The maximum absolute atomic E-state index is 11.1. The molecule has 1 aromatic rings. The molecular weight excluding hydrogens is 230 g/mol. The van der Waals surface area contributed by atoms with Crippen LogP contribution in [0.15, 0.2) is 12.1 Å². The first-order chi connectivity index (χ1) is 8.45. The Morgan fingerprint density at radius 2 is 2.17 bits per heavy atom. The predicted molar refractivity (Wildman–Crippen MR) is 72.5 cm³/mol. The van der Waals surface area contributed by atoms with E-state index in [1.807, 2.05) is 32.8 Å². The number of pyridine rings is 1. The van der Waals surface area contributed by atoms with Crippen molar-refractivity contribution in [1.29, 1.82) is 0 Å². The van der Waals surface area contributed by atoms with E-state index in [1.54, 1.807) is 12.1 Å². The number of nitrogens with zero attached hydrogens (tertiary/aromatic N) is 2. The van der Waals surface area contributed by atoms with E-state index in [0.29, 0.717) is 11.4 Å². The molecule has 0 saturated carbocycles. The zero-order chi connectivity index (χ0) is 13.7. The summed E-state index contributed by atoms with van der Waals surface area (Å²) in [6.45, 7) is 5.62. The first-order valence-electron chi connectivity index (χ1n) is 6.06. The van der Waals surface area contributed by atoms with Gasteiger partial charge in [-0.2, -0.15) is 0 Å². The fraction of sp³-hybridized carbons (Fsp3) is 0.538. The standard InChI is InChI=1S/C13H21N3O2/c1-9(2)11-7-10(13(17)18)8-12(15-11)16(4)6-5-14-3/h7-9,14H,5-6H2,1-4H3,(H,17,18). The van der Waals surface area contributed by atoms with Crippen LogP contribution in [0.5, 0.6) is 0 Å². The van der Waals surface area contributed by atoms with Crippen molar-refractivity contribution in [2.24, 2.45) is 0 Å². The highest BCUT2D eigenvalue weighted by Gasteiger charge is 2.12. The lowest BCUT2D eigenvalue weighted by atomic mass is 10.1. The Labute approximate surface area is 108 Å². The average molecular weight is 251 g/mol. The predicted octanol–water partition coefficient (Wildman–Crippen LogP) is 1.56. The monoisotopic (exact) mass is 251 g/mol. The van der Waals surface area contributed by atoms with Gasteiger partial charge in [0.25, 0.3) is 0 Å². The summed E-state index contributed by atoms with van der Waals surface area (Å²) >= 11 is 0. The van der Waals surface area contributed by atoms with Gasteiger partial charge in [-0.05, 0) is 25.1 Å². The SMILES string of the molecule is CNCCN(C)c1cc(C(=O)O)cc(C(C)C)n1. The molecule has 0 fully saturated rings. The fourth-order valence-corrected chi connectivity index (χ4v) is 1.55.